The first-order valence-corrected chi connectivity index (χ1v) is 11.0. The molecule has 166 valence electrons. The highest BCUT2D eigenvalue weighted by Crippen LogP contribution is 2.42. The summed E-state index contributed by atoms with van der Waals surface area (Å²) >= 11 is 1.36. The second-order valence-corrected chi connectivity index (χ2v) is 8.85. The zero-order valence-electron chi connectivity index (χ0n) is 18.2. The Hall–Kier alpha value is -3.39. The van der Waals surface area contributed by atoms with Gasteiger partial charge in [0, 0.05) is 35.8 Å². The van der Waals surface area contributed by atoms with Crippen molar-refractivity contribution >= 4 is 38.4 Å². The van der Waals surface area contributed by atoms with Gasteiger partial charge in [-0.05, 0) is 47.2 Å². The van der Waals surface area contributed by atoms with Crippen molar-refractivity contribution < 1.29 is 19.0 Å². The number of carbonyl (C=O) groups is 1. The van der Waals surface area contributed by atoms with E-state index in [0.29, 0.717) is 32.7 Å². The Bertz CT molecular complexity index is 1410. The van der Waals surface area contributed by atoms with Crippen LogP contribution in [0.2, 0.25) is 0 Å². The molecule has 2 aromatic carbocycles. The first kappa shape index (κ1) is 21.8. The normalized spacial score (nSPS) is 12.3. The van der Waals surface area contributed by atoms with Gasteiger partial charge in [0.05, 0.1) is 12.6 Å². The summed E-state index contributed by atoms with van der Waals surface area (Å²) in [6.07, 6.45) is -1.06. The van der Waals surface area contributed by atoms with Crippen molar-refractivity contribution in [2.24, 2.45) is 0 Å². The predicted octanol–water partition coefficient (Wildman–Crippen LogP) is 5.58. The van der Waals surface area contributed by atoms with Crippen LogP contribution in [0.15, 0.2) is 40.5 Å². The number of aromatic nitrogens is 1. The van der Waals surface area contributed by atoms with E-state index >= 15 is 4.39 Å². The maximum atomic E-state index is 15.2. The van der Waals surface area contributed by atoms with Crippen molar-refractivity contribution in [1.82, 2.24) is 9.88 Å². The van der Waals surface area contributed by atoms with E-state index in [1.165, 1.54) is 24.5 Å². The molecule has 8 heteroatoms. The van der Waals surface area contributed by atoms with Crippen molar-refractivity contribution in [2.75, 3.05) is 20.7 Å². The standard InChI is InChI=1S/C24H23FN2O4S/c1-12-9-18(31-4)19(20-16-7-8-32-22(16)23(28)26-21(12)20)14-5-6-15(17(25)10-14)13(2)11-27(3)24(29)30/h5-10,13H,11H2,1-4H3,(H,26,28)(H,29,30). The molecule has 4 rings (SSSR count). The van der Waals surface area contributed by atoms with Crippen molar-refractivity contribution in [3.05, 3.63) is 63.0 Å². The Morgan fingerprint density at radius 2 is 2.06 bits per heavy atom. The number of aryl methyl sites for hydroxylation is 1. The molecule has 0 saturated carbocycles. The van der Waals surface area contributed by atoms with Crippen LogP contribution in [0.25, 0.3) is 32.1 Å². The molecule has 2 heterocycles. The number of likely N-dealkylation sites (N-methyl/N-ethyl adjacent to an activating group) is 1. The Kier molecular flexibility index (Phi) is 5.64. The molecule has 0 aliphatic rings. The number of nitrogens with zero attached hydrogens (tertiary/aromatic N) is 1. The van der Waals surface area contributed by atoms with E-state index < -0.39 is 11.9 Å². The van der Waals surface area contributed by atoms with Gasteiger partial charge < -0.3 is 19.7 Å². The lowest BCUT2D eigenvalue weighted by Crippen LogP contribution is -2.28. The smallest absolute Gasteiger partial charge is 0.407 e. The lowest BCUT2D eigenvalue weighted by Gasteiger charge is -2.20. The van der Waals surface area contributed by atoms with Crippen LogP contribution in [0.5, 0.6) is 5.75 Å². The number of carboxylic acid groups (broad SMARTS) is 1. The second kappa shape index (κ2) is 8.27. The number of methoxy groups -OCH3 is 1. The number of rotatable bonds is 5. The number of pyridine rings is 1. The van der Waals surface area contributed by atoms with Crippen LogP contribution >= 0.6 is 11.3 Å². The fourth-order valence-corrected chi connectivity index (χ4v) is 4.98. The molecule has 2 aromatic heterocycles. The number of fused-ring (bicyclic) bond motifs is 3. The molecule has 2 N–H and O–H groups in total. The van der Waals surface area contributed by atoms with Crippen LogP contribution in [0.4, 0.5) is 9.18 Å². The minimum absolute atomic E-state index is 0.153. The van der Waals surface area contributed by atoms with Crippen LogP contribution in [-0.4, -0.2) is 41.8 Å². The summed E-state index contributed by atoms with van der Waals surface area (Å²) in [5.41, 5.74) is 3.15. The number of H-pyrrole nitrogens is 1. The van der Waals surface area contributed by atoms with Crippen molar-refractivity contribution in [1.29, 1.82) is 0 Å². The molecule has 0 aliphatic heterocycles. The highest BCUT2D eigenvalue weighted by Gasteiger charge is 2.21. The summed E-state index contributed by atoms with van der Waals surface area (Å²) < 4.78 is 21.5. The quantitative estimate of drug-likeness (QED) is 0.412. The van der Waals surface area contributed by atoms with Gasteiger partial charge in [0.2, 0.25) is 0 Å². The third-order valence-corrected chi connectivity index (χ3v) is 6.70. The van der Waals surface area contributed by atoms with Crippen LogP contribution in [-0.2, 0) is 0 Å². The lowest BCUT2D eigenvalue weighted by atomic mass is 9.92. The number of ether oxygens (including phenoxy) is 1. The molecule has 0 fully saturated rings. The number of halogens is 1. The average Bonchev–Trinajstić information content (AvgIpc) is 3.24. The molecule has 0 spiro atoms. The predicted molar refractivity (Wildman–Crippen MR) is 126 cm³/mol. The zero-order valence-corrected chi connectivity index (χ0v) is 19.0. The van der Waals surface area contributed by atoms with Crippen LogP contribution in [0, 0.1) is 12.7 Å². The van der Waals surface area contributed by atoms with Gasteiger partial charge in [-0.2, -0.15) is 0 Å². The van der Waals surface area contributed by atoms with Crippen LogP contribution in [0.3, 0.4) is 0 Å². The van der Waals surface area contributed by atoms with E-state index in [1.807, 2.05) is 30.5 Å². The highest BCUT2D eigenvalue weighted by molar-refractivity contribution is 7.17. The van der Waals surface area contributed by atoms with Crippen molar-refractivity contribution in [3.8, 4) is 16.9 Å². The number of hydrogen-bond acceptors (Lipinski definition) is 4. The molecule has 0 radical (unpaired) electrons. The van der Waals surface area contributed by atoms with Crippen LogP contribution in [0.1, 0.15) is 24.0 Å². The Labute approximate surface area is 187 Å². The third kappa shape index (κ3) is 3.60. The maximum Gasteiger partial charge on any atom is 0.407 e. The molecular weight excluding hydrogens is 431 g/mol. The monoisotopic (exact) mass is 454 g/mol. The first-order valence-electron chi connectivity index (χ1n) is 10.1. The van der Waals surface area contributed by atoms with Gasteiger partial charge in [-0.1, -0.05) is 19.1 Å². The van der Waals surface area contributed by atoms with E-state index in [0.717, 1.165) is 21.2 Å². The number of hydrogen-bond donors (Lipinski definition) is 2. The Balaban J connectivity index is 1.93. The zero-order chi connectivity index (χ0) is 23.2. The number of aromatic amines is 1. The minimum Gasteiger partial charge on any atom is -0.496 e. The molecule has 1 atom stereocenters. The molecule has 1 unspecified atom stereocenters. The summed E-state index contributed by atoms with van der Waals surface area (Å²) in [4.78, 5) is 27.8. The molecule has 0 saturated heterocycles. The fourth-order valence-electron chi connectivity index (χ4n) is 4.19. The number of nitrogens with one attached hydrogen (secondary N) is 1. The van der Waals surface area contributed by atoms with E-state index in [9.17, 15) is 9.59 Å². The van der Waals surface area contributed by atoms with Crippen molar-refractivity contribution in [2.45, 2.75) is 19.8 Å². The molecule has 6 nitrogen and oxygen atoms in total. The second-order valence-electron chi connectivity index (χ2n) is 7.94. The van der Waals surface area contributed by atoms with E-state index in [-0.39, 0.29) is 18.0 Å². The van der Waals surface area contributed by atoms with Gasteiger partial charge in [-0.15, -0.1) is 11.3 Å². The summed E-state index contributed by atoms with van der Waals surface area (Å²) in [7, 11) is 3.02. The largest absolute Gasteiger partial charge is 0.496 e. The molecular formula is C24H23FN2O4S. The topological polar surface area (TPSA) is 82.6 Å². The summed E-state index contributed by atoms with van der Waals surface area (Å²) in [6, 6.07) is 8.68. The number of thiophene rings is 1. The SMILES string of the molecule is COc1cc(C)c2[nH]c(=O)c3sccc3c2c1-c1ccc(C(C)CN(C)C(=O)O)c(F)c1. The Morgan fingerprint density at radius 1 is 1.31 bits per heavy atom. The number of amides is 1. The lowest BCUT2D eigenvalue weighted by molar-refractivity contribution is 0.154. The van der Waals surface area contributed by atoms with E-state index in [4.69, 9.17) is 9.84 Å². The molecule has 0 aliphatic carbocycles. The molecule has 1 amide bonds. The van der Waals surface area contributed by atoms with Crippen LogP contribution < -0.4 is 10.3 Å². The van der Waals surface area contributed by atoms with Crippen molar-refractivity contribution in [3.63, 3.8) is 0 Å². The van der Waals surface area contributed by atoms with Gasteiger partial charge >= 0.3 is 6.09 Å². The van der Waals surface area contributed by atoms with Gasteiger partial charge in [-0.3, -0.25) is 4.79 Å². The summed E-state index contributed by atoms with van der Waals surface area (Å²) in [6.45, 7) is 3.87. The van der Waals surface area contributed by atoms with E-state index in [1.54, 1.807) is 20.1 Å². The average molecular weight is 455 g/mol. The minimum atomic E-state index is -1.06. The fraction of sp³-hybridized carbons (Fsp3) is 0.250. The third-order valence-electron chi connectivity index (χ3n) is 5.78. The molecule has 0 bridgehead atoms. The maximum absolute atomic E-state index is 15.2. The van der Waals surface area contributed by atoms with E-state index in [2.05, 4.69) is 4.98 Å². The van der Waals surface area contributed by atoms with Gasteiger partial charge in [-0.25, -0.2) is 9.18 Å². The first-order chi connectivity index (χ1) is 15.2. The van der Waals surface area contributed by atoms with Gasteiger partial charge in [0.25, 0.3) is 5.56 Å². The van der Waals surface area contributed by atoms with Gasteiger partial charge in [0.1, 0.15) is 16.3 Å². The Morgan fingerprint density at radius 3 is 2.72 bits per heavy atom. The summed E-state index contributed by atoms with van der Waals surface area (Å²) in [5.74, 6) is -0.155. The van der Waals surface area contributed by atoms with Gasteiger partial charge in [0.15, 0.2) is 0 Å². The molecule has 4 aromatic rings. The number of benzene rings is 2. The highest BCUT2D eigenvalue weighted by atomic mass is 32.1. The molecule has 32 heavy (non-hydrogen) atoms. The summed E-state index contributed by atoms with van der Waals surface area (Å²) in [5, 5.41) is 12.6.